The van der Waals surface area contributed by atoms with Gasteiger partial charge in [-0.2, -0.15) is 0 Å². The molecule has 1 aromatic carbocycles. The van der Waals surface area contributed by atoms with Crippen molar-refractivity contribution in [2.24, 2.45) is 5.92 Å². The zero-order chi connectivity index (χ0) is 20.2. The van der Waals surface area contributed by atoms with Crippen molar-refractivity contribution < 1.29 is 17.9 Å². The summed E-state index contributed by atoms with van der Waals surface area (Å²) in [6, 6.07) is 6.33. The van der Waals surface area contributed by atoms with E-state index in [9.17, 15) is 13.2 Å². The molecule has 0 radical (unpaired) electrons. The van der Waals surface area contributed by atoms with Crippen LogP contribution in [0.2, 0.25) is 0 Å². The molecule has 0 aromatic heterocycles. The van der Waals surface area contributed by atoms with Gasteiger partial charge in [0.25, 0.3) is 0 Å². The summed E-state index contributed by atoms with van der Waals surface area (Å²) in [5, 5.41) is 0. The Morgan fingerprint density at radius 1 is 1.04 bits per heavy atom. The first-order valence-electron chi connectivity index (χ1n) is 8.84. The molecule has 0 spiro atoms. The number of sulfone groups is 1. The van der Waals surface area contributed by atoms with Crippen molar-refractivity contribution >= 4 is 15.9 Å². The summed E-state index contributed by atoms with van der Waals surface area (Å²) in [5.74, 6) is -0.536. The first kappa shape index (κ1) is 22.2. The fourth-order valence-corrected chi connectivity index (χ4v) is 4.47. The number of carbonyl (C=O) groups is 1. The van der Waals surface area contributed by atoms with Gasteiger partial charge in [0.2, 0.25) is 15.3 Å². The molecule has 0 bridgehead atoms. The molecule has 1 rings (SSSR count). The molecular formula is C20H31NO4S. The quantitative estimate of drug-likeness (QED) is 0.649. The molecular weight excluding hydrogens is 350 g/mol. The molecule has 0 heterocycles. The van der Waals surface area contributed by atoms with Gasteiger partial charge < -0.3 is 9.64 Å². The standard InChI is InChI=1S/C20H31NO4S/c1-13(2)17(8)19(25-20(22)21(14(3)4)15(5)6)26(23,24)18-11-9-16(7)10-12-18/h9-12,14-15,17,19H,1H2,2-8H3. The van der Waals surface area contributed by atoms with Crippen molar-refractivity contribution in [3.05, 3.63) is 42.0 Å². The number of benzene rings is 1. The van der Waals surface area contributed by atoms with Crippen LogP contribution in [0.4, 0.5) is 4.79 Å². The molecule has 6 heteroatoms. The number of rotatable bonds is 7. The summed E-state index contributed by atoms with van der Waals surface area (Å²) >= 11 is 0. The van der Waals surface area contributed by atoms with Crippen molar-refractivity contribution in [2.45, 2.75) is 70.9 Å². The molecule has 146 valence electrons. The normalized spacial score (nSPS) is 14.2. The van der Waals surface area contributed by atoms with E-state index in [1.165, 1.54) is 4.90 Å². The second kappa shape index (κ2) is 8.71. The molecule has 0 aliphatic heterocycles. The van der Waals surface area contributed by atoms with E-state index in [0.717, 1.165) is 5.56 Å². The fourth-order valence-electron chi connectivity index (χ4n) is 2.71. The highest BCUT2D eigenvalue weighted by Crippen LogP contribution is 2.28. The summed E-state index contributed by atoms with van der Waals surface area (Å²) in [5.41, 5.74) is 0.269. The molecule has 2 atom stereocenters. The van der Waals surface area contributed by atoms with Crippen LogP contribution < -0.4 is 0 Å². The largest absolute Gasteiger partial charge is 0.429 e. The Balaban J connectivity index is 3.30. The average molecular weight is 382 g/mol. The van der Waals surface area contributed by atoms with Gasteiger partial charge >= 0.3 is 6.09 Å². The lowest BCUT2D eigenvalue weighted by molar-refractivity contribution is 0.0585. The minimum Gasteiger partial charge on any atom is -0.429 e. The molecule has 0 fully saturated rings. The molecule has 0 saturated carbocycles. The third-order valence-corrected chi connectivity index (χ3v) is 6.43. The Labute approximate surface area is 158 Å². The maximum atomic E-state index is 13.2. The average Bonchev–Trinajstić information content (AvgIpc) is 2.51. The SMILES string of the molecule is C=C(C)C(C)C(OC(=O)N(C(C)C)C(C)C)S(=O)(=O)c1ccc(C)cc1. The van der Waals surface area contributed by atoms with Crippen molar-refractivity contribution in [2.75, 3.05) is 0 Å². The number of aryl methyl sites for hydroxylation is 1. The summed E-state index contributed by atoms with van der Waals surface area (Å²) < 4.78 is 31.8. The van der Waals surface area contributed by atoms with Crippen LogP contribution in [-0.2, 0) is 14.6 Å². The number of hydrogen-bond donors (Lipinski definition) is 0. The summed E-state index contributed by atoms with van der Waals surface area (Å²) in [4.78, 5) is 14.4. The second-order valence-electron chi connectivity index (χ2n) is 7.34. The maximum absolute atomic E-state index is 13.2. The van der Waals surface area contributed by atoms with E-state index >= 15 is 0 Å². The van der Waals surface area contributed by atoms with Crippen LogP contribution in [0.25, 0.3) is 0 Å². The van der Waals surface area contributed by atoms with E-state index in [0.29, 0.717) is 5.57 Å². The van der Waals surface area contributed by atoms with Gasteiger partial charge in [-0.1, -0.05) is 36.8 Å². The van der Waals surface area contributed by atoms with Crippen LogP contribution in [0, 0.1) is 12.8 Å². The van der Waals surface area contributed by atoms with Gasteiger partial charge in [0.05, 0.1) is 4.90 Å². The van der Waals surface area contributed by atoms with Gasteiger partial charge in [0.1, 0.15) is 0 Å². The third-order valence-electron chi connectivity index (χ3n) is 4.38. The van der Waals surface area contributed by atoms with E-state index in [4.69, 9.17) is 4.74 Å². The van der Waals surface area contributed by atoms with Crippen LogP contribution in [0.5, 0.6) is 0 Å². The Morgan fingerprint density at radius 3 is 1.88 bits per heavy atom. The second-order valence-corrected chi connectivity index (χ2v) is 9.37. The van der Waals surface area contributed by atoms with Gasteiger partial charge in [-0.15, -0.1) is 0 Å². The van der Waals surface area contributed by atoms with Gasteiger partial charge in [0.15, 0.2) is 0 Å². The lowest BCUT2D eigenvalue weighted by Gasteiger charge is -2.33. The number of carbonyl (C=O) groups excluding carboxylic acids is 1. The van der Waals surface area contributed by atoms with E-state index < -0.39 is 27.3 Å². The molecule has 0 aliphatic rings. The zero-order valence-electron chi connectivity index (χ0n) is 16.8. The fraction of sp³-hybridized carbons (Fsp3) is 0.550. The molecule has 1 aromatic rings. The van der Waals surface area contributed by atoms with Crippen LogP contribution >= 0.6 is 0 Å². The van der Waals surface area contributed by atoms with Crippen molar-refractivity contribution in [3.8, 4) is 0 Å². The topological polar surface area (TPSA) is 63.7 Å². The smallest absolute Gasteiger partial charge is 0.411 e. The van der Waals surface area contributed by atoms with E-state index in [-0.39, 0.29) is 17.0 Å². The Hall–Kier alpha value is -1.82. The Bertz CT molecular complexity index is 728. The molecule has 0 aliphatic carbocycles. The maximum Gasteiger partial charge on any atom is 0.411 e. The van der Waals surface area contributed by atoms with Gasteiger partial charge in [-0.05, 0) is 53.7 Å². The first-order valence-corrected chi connectivity index (χ1v) is 10.4. The summed E-state index contributed by atoms with van der Waals surface area (Å²) in [7, 11) is -3.87. The van der Waals surface area contributed by atoms with Crippen LogP contribution in [0.15, 0.2) is 41.3 Å². The molecule has 0 saturated heterocycles. The van der Waals surface area contributed by atoms with Crippen LogP contribution in [0.1, 0.15) is 47.1 Å². The van der Waals surface area contributed by atoms with E-state index in [2.05, 4.69) is 6.58 Å². The zero-order valence-corrected chi connectivity index (χ0v) is 17.6. The van der Waals surface area contributed by atoms with E-state index in [1.807, 2.05) is 34.6 Å². The van der Waals surface area contributed by atoms with Crippen molar-refractivity contribution in [3.63, 3.8) is 0 Å². The Kier molecular flexibility index (Phi) is 7.45. The highest BCUT2D eigenvalue weighted by atomic mass is 32.2. The minimum atomic E-state index is -3.87. The van der Waals surface area contributed by atoms with Crippen LogP contribution in [0.3, 0.4) is 0 Å². The Morgan fingerprint density at radius 2 is 1.50 bits per heavy atom. The van der Waals surface area contributed by atoms with Gasteiger partial charge in [0, 0.05) is 18.0 Å². The molecule has 1 amide bonds. The van der Waals surface area contributed by atoms with E-state index in [1.54, 1.807) is 38.1 Å². The lowest BCUT2D eigenvalue weighted by atomic mass is 10.1. The number of ether oxygens (including phenoxy) is 1. The highest BCUT2D eigenvalue weighted by Gasteiger charge is 2.38. The molecule has 0 N–H and O–H groups in total. The van der Waals surface area contributed by atoms with Gasteiger partial charge in [-0.25, -0.2) is 13.2 Å². The molecule has 2 unspecified atom stereocenters. The minimum absolute atomic E-state index is 0.106. The third kappa shape index (κ3) is 5.10. The predicted octanol–water partition coefficient (Wildman–Crippen LogP) is 4.56. The number of nitrogens with zero attached hydrogens (tertiary/aromatic N) is 1. The lowest BCUT2D eigenvalue weighted by Crippen LogP contribution is -2.46. The van der Waals surface area contributed by atoms with Gasteiger partial charge in [-0.3, -0.25) is 0 Å². The number of hydrogen-bond acceptors (Lipinski definition) is 4. The molecule has 5 nitrogen and oxygen atoms in total. The number of amides is 1. The highest BCUT2D eigenvalue weighted by molar-refractivity contribution is 7.92. The predicted molar refractivity (Wildman–Crippen MR) is 105 cm³/mol. The summed E-state index contributed by atoms with van der Waals surface area (Å²) in [6.45, 7) is 16.6. The molecule has 26 heavy (non-hydrogen) atoms. The van der Waals surface area contributed by atoms with Crippen LogP contribution in [-0.4, -0.2) is 36.9 Å². The summed E-state index contributed by atoms with van der Waals surface area (Å²) in [6.07, 6.45) is -0.635. The van der Waals surface area contributed by atoms with Crippen molar-refractivity contribution in [1.29, 1.82) is 0 Å². The monoisotopic (exact) mass is 381 g/mol. The first-order chi connectivity index (χ1) is 11.9. The van der Waals surface area contributed by atoms with Crippen molar-refractivity contribution in [1.82, 2.24) is 4.90 Å².